The van der Waals surface area contributed by atoms with Gasteiger partial charge in [-0.2, -0.15) is 0 Å². The van der Waals surface area contributed by atoms with E-state index < -0.39 is 4.92 Å². The summed E-state index contributed by atoms with van der Waals surface area (Å²) in [6, 6.07) is 18.2. The second-order valence-corrected chi connectivity index (χ2v) is 9.95. The van der Waals surface area contributed by atoms with Gasteiger partial charge in [0.05, 0.1) is 26.3 Å². The molecule has 13 heteroatoms. The Labute approximate surface area is 246 Å². The SMILES string of the molecule is COc1ccc(-c2nnc(NC(=O)CCN(CCc3ccc(OC)c(OC)c3)C(=O)c3ccc([N+](=O)[O-])cc3)s2)cc1. The zero-order chi connectivity index (χ0) is 30.1. The van der Waals surface area contributed by atoms with E-state index in [-0.39, 0.29) is 36.0 Å². The standard InChI is InChI=1S/C29H29N5O7S/c1-39-23-11-7-20(8-12-23)27-31-32-29(42-27)30-26(35)15-17-33(28(36)21-5-9-22(10-6-21)34(37)38)16-14-19-4-13-24(40-2)25(18-19)41-3/h4-13,18H,14-17H2,1-3H3,(H,30,32,35). The number of amides is 2. The minimum absolute atomic E-state index is 0.00209. The molecule has 0 aliphatic carbocycles. The quantitative estimate of drug-likeness (QED) is 0.170. The third kappa shape index (κ3) is 7.57. The van der Waals surface area contributed by atoms with Crippen LogP contribution in [-0.2, 0) is 11.2 Å². The number of nitrogens with zero attached hydrogens (tertiary/aromatic N) is 4. The molecule has 1 N–H and O–H groups in total. The largest absolute Gasteiger partial charge is 0.497 e. The third-order valence-corrected chi connectivity index (χ3v) is 7.24. The average Bonchev–Trinajstić information content (AvgIpc) is 3.48. The zero-order valence-electron chi connectivity index (χ0n) is 23.2. The summed E-state index contributed by atoms with van der Waals surface area (Å²) in [5.74, 6) is 1.18. The predicted octanol–water partition coefficient (Wildman–Crippen LogP) is 4.85. The summed E-state index contributed by atoms with van der Waals surface area (Å²) in [6.45, 7) is 0.401. The predicted molar refractivity (Wildman–Crippen MR) is 157 cm³/mol. The molecule has 0 saturated heterocycles. The van der Waals surface area contributed by atoms with Crippen LogP contribution in [0.4, 0.5) is 10.8 Å². The highest BCUT2D eigenvalue weighted by Gasteiger charge is 2.19. The van der Waals surface area contributed by atoms with Crippen LogP contribution in [0.15, 0.2) is 66.7 Å². The molecule has 4 aromatic rings. The number of hydrogen-bond donors (Lipinski definition) is 1. The maximum absolute atomic E-state index is 13.4. The minimum atomic E-state index is -0.527. The fourth-order valence-electron chi connectivity index (χ4n) is 4.07. The van der Waals surface area contributed by atoms with Crippen molar-refractivity contribution in [3.05, 3.63) is 88.0 Å². The molecular formula is C29H29N5O7S. The van der Waals surface area contributed by atoms with Gasteiger partial charge in [-0.25, -0.2) is 0 Å². The molecule has 0 aliphatic heterocycles. The molecule has 0 unspecified atom stereocenters. The average molecular weight is 592 g/mol. The van der Waals surface area contributed by atoms with Crippen LogP contribution in [0.5, 0.6) is 17.2 Å². The Morgan fingerprint density at radius 1 is 0.905 bits per heavy atom. The second-order valence-electron chi connectivity index (χ2n) is 8.97. The van der Waals surface area contributed by atoms with Crippen molar-refractivity contribution in [3.8, 4) is 27.8 Å². The molecular weight excluding hydrogens is 562 g/mol. The van der Waals surface area contributed by atoms with Crippen LogP contribution >= 0.6 is 11.3 Å². The van der Waals surface area contributed by atoms with E-state index >= 15 is 0 Å². The first-order chi connectivity index (χ1) is 20.3. The first-order valence-corrected chi connectivity index (χ1v) is 13.7. The summed E-state index contributed by atoms with van der Waals surface area (Å²) in [5, 5.41) is 23.0. The van der Waals surface area contributed by atoms with Gasteiger partial charge in [0.1, 0.15) is 10.8 Å². The summed E-state index contributed by atoms with van der Waals surface area (Å²) < 4.78 is 15.8. The molecule has 218 valence electrons. The van der Waals surface area contributed by atoms with E-state index in [1.165, 1.54) is 35.6 Å². The monoisotopic (exact) mass is 591 g/mol. The first-order valence-electron chi connectivity index (χ1n) is 12.8. The number of non-ortho nitro benzene ring substituents is 1. The van der Waals surface area contributed by atoms with Crippen molar-refractivity contribution in [2.45, 2.75) is 12.8 Å². The summed E-state index contributed by atoms with van der Waals surface area (Å²) in [5.41, 5.74) is 1.90. The Bertz CT molecular complexity index is 1540. The summed E-state index contributed by atoms with van der Waals surface area (Å²) in [6.07, 6.45) is 0.477. The van der Waals surface area contributed by atoms with Crippen molar-refractivity contribution in [1.29, 1.82) is 0 Å². The van der Waals surface area contributed by atoms with Crippen LogP contribution in [0.25, 0.3) is 10.6 Å². The number of aromatic nitrogens is 2. The van der Waals surface area contributed by atoms with Crippen LogP contribution in [-0.4, -0.2) is 66.3 Å². The number of rotatable bonds is 13. The number of nitro groups is 1. The van der Waals surface area contributed by atoms with Crippen LogP contribution in [0, 0.1) is 10.1 Å². The van der Waals surface area contributed by atoms with E-state index in [1.54, 1.807) is 32.3 Å². The van der Waals surface area contributed by atoms with Crippen LogP contribution in [0.1, 0.15) is 22.3 Å². The molecule has 2 amide bonds. The van der Waals surface area contributed by atoms with Gasteiger partial charge in [0, 0.05) is 42.8 Å². The van der Waals surface area contributed by atoms with E-state index in [0.717, 1.165) is 16.9 Å². The van der Waals surface area contributed by atoms with Crippen LogP contribution in [0.3, 0.4) is 0 Å². The Morgan fingerprint density at radius 3 is 2.26 bits per heavy atom. The number of carbonyl (C=O) groups excluding carboxylic acids is 2. The number of nitrogens with one attached hydrogen (secondary N) is 1. The summed E-state index contributed by atoms with van der Waals surface area (Å²) in [7, 11) is 4.68. The van der Waals surface area contributed by atoms with Crippen molar-refractivity contribution in [1.82, 2.24) is 15.1 Å². The number of carbonyl (C=O) groups is 2. The molecule has 0 atom stereocenters. The van der Waals surface area contributed by atoms with Crippen molar-refractivity contribution < 1.29 is 28.7 Å². The molecule has 0 radical (unpaired) electrons. The molecule has 3 aromatic carbocycles. The van der Waals surface area contributed by atoms with Gasteiger partial charge in [-0.1, -0.05) is 17.4 Å². The van der Waals surface area contributed by atoms with E-state index in [9.17, 15) is 19.7 Å². The molecule has 0 aliphatic rings. The van der Waals surface area contributed by atoms with Gasteiger partial charge in [0.25, 0.3) is 11.6 Å². The van der Waals surface area contributed by atoms with Crippen molar-refractivity contribution in [2.75, 3.05) is 39.7 Å². The lowest BCUT2D eigenvalue weighted by atomic mass is 10.1. The molecule has 0 saturated carbocycles. The van der Waals surface area contributed by atoms with E-state index in [2.05, 4.69) is 15.5 Å². The van der Waals surface area contributed by atoms with Gasteiger partial charge in [0.2, 0.25) is 11.0 Å². The van der Waals surface area contributed by atoms with Gasteiger partial charge in [-0.3, -0.25) is 19.7 Å². The molecule has 1 heterocycles. The molecule has 42 heavy (non-hydrogen) atoms. The molecule has 0 spiro atoms. The normalized spacial score (nSPS) is 10.5. The lowest BCUT2D eigenvalue weighted by Crippen LogP contribution is -2.35. The fourth-order valence-corrected chi connectivity index (χ4v) is 4.83. The van der Waals surface area contributed by atoms with Crippen molar-refractivity contribution >= 4 is 34.0 Å². The highest BCUT2D eigenvalue weighted by Crippen LogP contribution is 2.29. The number of anilines is 1. The molecule has 0 fully saturated rings. The molecule has 1 aromatic heterocycles. The first kappa shape index (κ1) is 29.9. The summed E-state index contributed by atoms with van der Waals surface area (Å²) >= 11 is 1.23. The maximum atomic E-state index is 13.4. The Balaban J connectivity index is 1.43. The summed E-state index contributed by atoms with van der Waals surface area (Å²) in [4.78, 5) is 38.3. The number of methoxy groups -OCH3 is 3. The Morgan fingerprint density at radius 2 is 1.62 bits per heavy atom. The highest BCUT2D eigenvalue weighted by atomic mass is 32.1. The van der Waals surface area contributed by atoms with Gasteiger partial charge >= 0.3 is 0 Å². The van der Waals surface area contributed by atoms with Crippen LogP contribution < -0.4 is 19.5 Å². The van der Waals surface area contributed by atoms with Gasteiger partial charge < -0.3 is 24.4 Å². The maximum Gasteiger partial charge on any atom is 0.269 e. The van der Waals surface area contributed by atoms with Crippen molar-refractivity contribution in [3.63, 3.8) is 0 Å². The minimum Gasteiger partial charge on any atom is -0.497 e. The number of hydrogen-bond acceptors (Lipinski definition) is 10. The Hall–Kier alpha value is -5.04. The topological polar surface area (TPSA) is 146 Å². The zero-order valence-corrected chi connectivity index (χ0v) is 24.1. The number of ether oxygens (including phenoxy) is 3. The molecule has 12 nitrogen and oxygen atoms in total. The van der Waals surface area contributed by atoms with E-state index in [4.69, 9.17) is 14.2 Å². The number of nitro benzene ring substituents is 1. The van der Waals surface area contributed by atoms with Gasteiger partial charge in [0.15, 0.2) is 11.5 Å². The lowest BCUT2D eigenvalue weighted by molar-refractivity contribution is -0.384. The number of benzene rings is 3. The lowest BCUT2D eigenvalue weighted by Gasteiger charge is -2.23. The van der Waals surface area contributed by atoms with E-state index in [1.807, 2.05) is 36.4 Å². The van der Waals surface area contributed by atoms with Crippen LogP contribution in [0.2, 0.25) is 0 Å². The van der Waals surface area contributed by atoms with Gasteiger partial charge in [-0.05, 0) is 60.5 Å². The molecule has 0 bridgehead atoms. The van der Waals surface area contributed by atoms with Crippen molar-refractivity contribution in [2.24, 2.45) is 0 Å². The molecule has 4 rings (SSSR count). The second kappa shape index (κ2) is 14.0. The smallest absolute Gasteiger partial charge is 0.269 e. The Kier molecular flexibility index (Phi) is 10.0. The van der Waals surface area contributed by atoms with E-state index in [0.29, 0.717) is 34.6 Å². The van der Waals surface area contributed by atoms with Gasteiger partial charge in [-0.15, -0.1) is 10.2 Å². The third-order valence-electron chi connectivity index (χ3n) is 6.35. The fraction of sp³-hybridized carbons (Fsp3) is 0.241. The highest BCUT2D eigenvalue weighted by molar-refractivity contribution is 7.18.